The Balaban J connectivity index is 0.00000181. The molecular formula is C27H42Cl2N2O. The molecule has 2 aliphatic rings. The van der Waals surface area contributed by atoms with Crippen LogP contribution in [-0.2, 0) is 0 Å². The monoisotopic (exact) mass is 480 g/mol. The molecule has 0 radical (unpaired) electrons. The molecule has 1 unspecified atom stereocenters. The number of halogens is 2. The summed E-state index contributed by atoms with van der Waals surface area (Å²) in [5.74, 6) is 0.863. The molecule has 0 amide bonds. The summed E-state index contributed by atoms with van der Waals surface area (Å²) in [4.78, 5) is 4.99. The van der Waals surface area contributed by atoms with Crippen LogP contribution in [0.5, 0.6) is 0 Å². The minimum absolute atomic E-state index is 0. The topological polar surface area (TPSA) is 26.7 Å². The fourth-order valence-corrected chi connectivity index (χ4v) is 5.73. The van der Waals surface area contributed by atoms with E-state index in [0.29, 0.717) is 11.3 Å². The number of likely N-dealkylation sites (N-methyl/N-ethyl adjacent to an activating group) is 1. The van der Waals surface area contributed by atoms with E-state index in [1.54, 1.807) is 0 Å². The van der Waals surface area contributed by atoms with Crippen LogP contribution in [0.2, 0.25) is 0 Å². The second kappa shape index (κ2) is 11.1. The van der Waals surface area contributed by atoms with Crippen molar-refractivity contribution in [2.24, 2.45) is 11.3 Å². The van der Waals surface area contributed by atoms with Gasteiger partial charge in [-0.1, -0.05) is 63.2 Å². The molecular weight excluding hydrogens is 439 g/mol. The van der Waals surface area contributed by atoms with Crippen molar-refractivity contribution < 1.29 is 5.11 Å². The average molecular weight is 482 g/mol. The normalized spacial score (nSPS) is 26.2. The van der Waals surface area contributed by atoms with Crippen LogP contribution in [-0.4, -0.2) is 60.3 Å². The molecule has 1 atom stereocenters. The van der Waals surface area contributed by atoms with Gasteiger partial charge in [0.25, 0.3) is 0 Å². The molecule has 2 aromatic carbocycles. The highest BCUT2D eigenvalue weighted by atomic mass is 35.5. The molecule has 1 heterocycles. The molecule has 180 valence electrons. The molecule has 1 saturated heterocycles. The van der Waals surface area contributed by atoms with Gasteiger partial charge in [0.15, 0.2) is 0 Å². The van der Waals surface area contributed by atoms with Crippen LogP contribution < -0.4 is 0 Å². The number of aliphatic hydroxyl groups is 1. The van der Waals surface area contributed by atoms with Gasteiger partial charge in [-0.25, -0.2) is 0 Å². The SMILES string of the molecule is CN1CCN(CC(c2cccc3ccccc23)C2(O)CCC(C(C)(C)C)CC2)CC1.Cl.Cl. The molecule has 1 aliphatic heterocycles. The van der Waals surface area contributed by atoms with Gasteiger partial charge in [0, 0.05) is 38.6 Å². The predicted molar refractivity (Wildman–Crippen MR) is 141 cm³/mol. The van der Waals surface area contributed by atoms with Crippen LogP contribution in [0, 0.1) is 11.3 Å². The Morgan fingerprint density at radius 1 is 0.938 bits per heavy atom. The Labute approximate surface area is 207 Å². The average Bonchev–Trinajstić information content (AvgIpc) is 2.72. The first kappa shape index (κ1) is 27.4. The van der Waals surface area contributed by atoms with Gasteiger partial charge < -0.3 is 14.9 Å². The molecule has 3 nitrogen and oxygen atoms in total. The molecule has 4 rings (SSSR count). The van der Waals surface area contributed by atoms with Crippen LogP contribution in [0.25, 0.3) is 10.8 Å². The lowest BCUT2D eigenvalue weighted by atomic mass is 9.64. The number of piperazine rings is 1. The zero-order valence-electron chi connectivity index (χ0n) is 20.2. The lowest BCUT2D eigenvalue weighted by Gasteiger charge is -2.47. The molecule has 1 saturated carbocycles. The van der Waals surface area contributed by atoms with Gasteiger partial charge in [-0.3, -0.25) is 0 Å². The first-order valence-corrected chi connectivity index (χ1v) is 11.9. The highest BCUT2D eigenvalue weighted by Crippen LogP contribution is 2.47. The van der Waals surface area contributed by atoms with Crippen molar-refractivity contribution in [1.29, 1.82) is 0 Å². The lowest BCUT2D eigenvalue weighted by Crippen LogP contribution is -2.50. The maximum Gasteiger partial charge on any atom is 0.0728 e. The third kappa shape index (κ3) is 5.98. The standard InChI is InChI=1S/C27H40N2O.2ClH/c1-26(2,3)22-12-14-27(30,15-13-22)25(20-29-18-16-28(4)17-19-29)24-11-7-9-21-8-5-6-10-23(21)24;;/h5-11,22,25,30H,12-20H2,1-4H3;2*1H. The van der Waals surface area contributed by atoms with Crippen LogP contribution >= 0.6 is 24.8 Å². The summed E-state index contributed by atoms with van der Waals surface area (Å²) in [6.45, 7) is 12.5. The van der Waals surface area contributed by atoms with Crippen molar-refractivity contribution in [3.63, 3.8) is 0 Å². The van der Waals surface area contributed by atoms with Gasteiger partial charge in [-0.2, -0.15) is 0 Å². The smallest absolute Gasteiger partial charge is 0.0728 e. The van der Waals surface area contributed by atoms with Crippen molar-refractivity contribution in [1.82, 2.24) is 9.80 Å². The van der Waals surface area contributed by atoms with E-state index in [0.717, 1.165) is 58.4 Å². The van der Waals surface area contributed by atoms with E-state index in [9.17, 15) is 5.11 Å². The minimum Gasteiger partial charge on any atom is -0.389 e. The molecule has 5 heteroatoms. The number of rotatable bonds is 4. The van der Waals surface area contributed by atoms with Gasteiger partial charge in [0.2, 0.25) is 0 Å². The Morgan fingerprint density at radius 2 is 1.53 bits per heavy atom. The quantitative estimate of drug-likeness (QED) is 0.582. The number of nitrogens with zero attached hydrogens (tertiary/aromatic N) is 2. The second-order valence-corrected chi connectivity index (χ2v) is 11.0. The molecule has 0 bridgehead atoms. The van der Waals surface area contributed by atoms with Crippen molar-refractivity contribution in [3.05, 3.63) is 48.0 Å². The summed E-state index contributed by atoms with van der Waals surface area (Å²) in [6, 6.07) is 15.4. The van der Waals surface area contributed by atoms with E-state index in [-0.39, 0.29) is 30.7 Å². The van der Waals surface area contributed by atoms with Crippen LogP contribution in [0.1, 0.15) is 57.9 Å². The van der Waals surface area contributed by atoms with Crippen LogP contribution in [0.4, 0.5) is 0 Å². The van der Waals surface area contributed by atoms with E-state index < -0.39 is 5.60 Å². The molecule has 2 fully saturated rings. The van der Waals surface area contributed by atoms with E-state index in [1.807, 2.05) is 0 Å². The highest BCUT2D eigenvalue weighted by Gasteiger charge is 2.44. The highest BCUT2D eigenvalue weighted by molar-refractivity contribution is 5.86. The number of hydrogen-bond acceptors (Lipinski definition) is 3. The van der Waals surface area contributed by atoms with Gasteiger partial charge >= 0.3 is 0 Å². The van der Waals surface area contributed by atoms with E-state index in [1.165, 1.54) is 16.3 Å². The molecule has 0 spiro atoms. The summed E-state index contributed by atoms with van der Waals surface area (Å²) >= 11 is 0. The Hall–Kier alpha value is -0.840. The zero-order chi connectivity index (χ0) is 21.4. The first-order chi connectivity index (χ1) is 14.3. The second-order valence-electron chi connectivity index (χ2n) is 11.0. The number of hydrogen-bond donors (Lipinski definition) is 1. The summed E-state index contributed by atoms with van der Waals surface area (Å²) in [5.41, 5.74) is 1.05. The van der Waals surface area contributed by atoms with E-state index in [2.05, 4.69) is 80.1 Å². The zero-order valence-corrected chi connectivity index (χ0v) is 21.9. The summed E-state index contributed by atoms with van der Waals surface area (Å²) in [7, 11) is 2.21. The maximum atomic E-state index is 12.1. The number of fused-ring (bicyclic) bond motifs is 1. The third-order valence-corrected chi connectivity index (χ3v) is 7.96. The lowest BCUT2D eigenvalue weighted by molar-refractivity contribution is -0.0548. The Kier molecular flexibility index (Phi) is 9.47. The van der Waals surface area contributed by atoms with E-state index in [4.69, 9.17) is 0 Å². The minimum atomic E-state index is -0.616. The van der Waals surface area contributed by atoms with Gasteiger partial charge in [0.1, 0.15) is 0 Å². The molecule has 0 aromatic heterocycles. The van der Waals surface area contributed by atoms with Gasteiger partial charge in [-0.15, -0.1) is 24.8 Å². The third-order valence-electron chi connectivity index (χ3n) is 7.96. The van der Waals surface area contributed by atoms with Crippen molar-refractivity contribution in [2.75, 3.05) is 39.8 Å². The largest absolute Gasteiger partial charge is 0.389 e. The van der Waals surface area contributed by atoms with Gasteiger partial charge in [-0.05, 0) is 60.4 Å². The fourth-order valence-electron chi connectivity index (χ4n) is 5.73. The molecule has 1 aliphatic carbocycles. The summed E-state index contributed by atoms with van der Waals surface area (Å²) in [6.07, 6.45) is 4.08. The van der Waals surface area contributed by atoms with Crippen molar-refractivity contribution in [2.45, 2.75) is 58.0 Å². The molecule has 32 heavy (non-hydrogen) atoms. The van der Waals surface area contributed by atoms with Crippen molar-refractivity contribution in [3.8, 4) is 0 Å². The molecule has 2 aromatic rings. The number of benzene rings is 2. The molecule has 1 N–H and O–H groups in total. The maximum absolute atomic E-state index is 12.1. The Bertz CT molecular complexity index is 845. The van der Waals surface area contributed by atoms with E-state index >= 15 is 0 Å². The Morgan fingerprint density at radius 3 is 2.16 bits per heavy atom. The predicted octanol–water partition coefficient (Wildman–Crippen LogP) is 5.98. The first-order valence-electron chi connectivity index (χ1n) is 11.9. The fraction of sp³-hybridized carbons (Fsp3) is 0.630. The van der Waals surface area contributed by atoms with Crippen molar-refractivity contribution >= 4 is 35.6 Å². The summed E-state index contributed by atoms with van der Waals surface area (Å²) < 4.78 is 0. The summed E-state index contributed by atoms with van der Waals surface area (Å²) in [5, 5.41) is 14.7. The van der Waals surface area contributed by atoms with Crippen LogP contribution in [0.3, 0.4) is 0 Å². The van der Waals surface area contributed by atoms with Gasteiger partial charge in [0.05, 0.1) is 5.60 Å². The van der Waals surface area contributed by atoms with Crippen LogP contribution in [0.15, 0.2) is 42.5 Å².